The van der Waals surface area contributed by atoms with Gasteiger partial charge in [-0.1, -0.05) is 6.07 Å². The van der Waals surface area contributed by atoms with Crippen molar-refractivity contribution in [3.05, 3.63) is 26.8 Å². The van der Waals surface area contributed by atoms with Crippen LogP contribution in [-0.2, 0) is 12.0 Å². The molecule has 2 amide bonds. The Kier molecular flexibility index (Phi) is 2.07. The van der Waals surface area contributed by atoms with Crippen LogP contribution in [0.3, 0.4) is 0 Å². The number of hydrogen-bond acceptors (Lipinski definition) is 2. The summed E-state index contributed by atoms with van der Waals surface area (Å²) < 4.78 is 0.910. The summed E-state index contributed by atoms with van der Waals surface area (Å²) in [5, 5.41) is 15.5. The number of benzene rings is 1. The molecule has 2 aliphatic rings. The fraction of sp³-hybridized carbons (Fsp3) is 0.364. The Labute approximate surface area is 107 Å². The largest absolute Gasteiger partial charge is 0.507 e. The van der Waals surface area contributed by atoms with Crippen LogP contribution in [-0.4, -0.2) is 17.7 Å². The minimum Gasteiger partial charge on any atom is -0.507 e. The highest BCUT2D eigenvalue weighted by Gasteiger charge is 2.44. The normalized spacial score (nSPS) is 26.7. The summed E-state index contributed by atoms with van der Waals surface area (Å²) in [6.07, 6.45) is 1.81. The lowest BCUT2D eigenvalue weighted by molar-refractivity contribution is 0.244. The Hall–Kier alpha value is -0.980. The van der Waals surface area contributed by atoms with Crippen molar-refractivity contribution in [2.24, 2.45) is 0 Å². The second-order valence-corrected chi connectivity index (χ2v) is 5.39. The van der Waals surface area contributed by atoms with E-state index in [9.17, 15) is 9.90 Å². The van der Waals surface area contributed by atoms with Gasteiger partial charge in [0.15, 0.2) is 0 Å². The van der Waals surface area contributed by atoms with Gasteiger partial charge in [0.1, 0.15) is 5.75 Å². The van der Waals surface area contributed by atoms with E-state index in [1.165, 1.54) is 5.56 Å². The van der Waals surface area contributed by atoms with E-state index in [0.29, 0.717) is 12.3 Å². The summed E-state index contributed by atoms with van der Waals surface area (Å²) in [6.45, 7) is 0.639. The van der Waals surface area contributed by atoms with E-state index < -0.39 is 0 Å². The van der Waals surface area contributed by atoms with Crippen molar-refractivity contribution in [1.29, 1.82) is 0 Å². The van der Waals surface area contributed by atoms with E-state index >= 15 is 0 Å². The monoisotopic (exact) mass is 330 g/mol. The van der Waals surface area contributed by atoms with E-state index in [-0.39, 0.29) is 11.6 Å². The van der Waals surface area contributed by atoms with Crippen molar-refractivity contribution >= 4 is 28.6 Å². The molecule has 1 atom stereocenters. The van der Waals surface area contributed by atoms with Crippen molar-refractivity contribution in [1.82, 2.24) is 10.6 Å². The van der Waals surface area contributed by atoms with Crippen LogP contribution in [0.2, 0.25) is 0 Å². The molecule has 3 N–H and O–H groups in total. The topological polar surface area (TPSA) is 61.4 Å². The Bertz CT molecular complexity index is 489. The molecule has 1 unspecified atom stereocenters. The molecular formula is C11H11IN2O2. The van der Waals surface area contributed by atoms with Gasteiger partial charge in [0.25, 0.3) is 0 Å². The van der Waals surface area contributed by atoms with Gasteiger partial charge in [-0.25, -0.2) is 4.79 Å². The van der Waals surface area contributed by atoms with Crippen LogP contribution < -0.4 is 10.6 Å². The third-order valence-electron chi connectivity index (χ3n) is 3.44. The molecule has 1 heterocycles. The molecular weight excluding hydrogens is 319 g/mol. The van der Waals surface area contributed by atoms with Crippen molar-refractivity contribution in [2.45, 2.75) is 18.4 Å². The first-order valence-corrected chi connectivity index (χ1v) is 6.27. The van der Waals surface area contributed by atoms with E-state index in [1.54, 1.807) is 6.07 Å². The summed E-state index contributed by atoms with van der Waals surface area (Å²) in [4.78, 5) is 11.3. The minimum atomic E-state index is -0.250. The van der Waals surface area contributed by atoms with Crippen LogP contribution in [0.25, 0.3) is 0 Å². The number of rotatable bonds is 0. The first kappa shape index (κ1) is 10.2. The average Bonchev–Trinajstić information content (AvgIpc) is 2.79. The van der Waals surface area contributed by atoms with Gasteiger partial charge in [0.2, 0.25) is 0 Å². The summed E-state index contributed by atoms with van der Waals surface area (Å²) in [5.41, 5.74) is 2.07. The smallest absolute Gasteiger partial charge is 0.315 e. The Morgan fingerprint density at radius 2 is 2.25 bits per heavy atom. The summed E-state index contributed by atoms with van der Waals surface area (Å²) in [6, 6.07) is 3.53. The Morgan fingerprint density at radius 1 is 1.44 bits per heavy atom. The third-order valence-corrected chi connectivity index (χ3v) is 4.65. The van der Waals surface area contributed by atoms with Gasteiger partial charge in [-0.2, -0.15) is 0 Å². The zero-order valence-electron chi connectivity index (χ0n) is 8.51. The van der Waals surface area contributed by atoms with Gasteiger partial charge in [-0.15, -0.1) is 0 Å². The molecule has 3 rings (SSSR count). The van der Waals surface area contributed by atoms with E-state index in [0.717, 1.165) is 22.0 Å². The molecule has 1 aliphatic carbocycles. The maximum absolute atomic E-state index is 11.3. The summed E-state index contributed by atoms with van der Waals surface area (Å²) in [5.74, 6) is 0.327. The Morgan fingerprint density at radius 3 is 2.94 bits per heavy atom. The highest BCUT2D eigenvalue weighted by molar-refractivity contribution is 14.1. The molecule has 1 saturated heterocycles. The molecule has 0 radical (unpaired) electrons. The van der Waals surface area contributed by atoms with Gasteiger partial charge in [-0.05, 0) is 52.6 Å². The number of nitrogens with one attached hydrogen (secondary N) is 2. The molecule has 0 aromatic heterocycles. The van der Waals surface area contributed by atoms with Crippen molar-refractivity contribution in [3.8, 4) is 5.75 Å². The van der Waals surface area contributed by atoms with Crippen LogP contribution in [0.5, 0.6) is 5.75 Å². The molecule has 5 heteroatoms. The zero-order chi connectivity index (χ0) is 11.3. The summed E-state index contributed by atoms with van der Waals surface area (Å²) >= 11 is 2.16. The SMILES string of the molecule is O=C1NCC2(CCc3c2ccc(O)c3I)N1. The van der Waals surface area contributed by atoms with Crippen molar-refractivity contribution < 1.29 is 9.90 Å². The lowest BCUT2D eigenvalue weighted by Gasteiger charge is -2.23. The zero-order valence-corrected chi connectivity index (χ0v) is 10.7. The standard InChI is InChI=1S/C11H11IN2O2/c12-9-6-3-4-11(5-13-10(16)14-11)7(6)1-2-8(9)15/h1-2,15H,3-5H2,(H2,13,14,16). The van der Waals surface area contributed by atoms with E-state index in [1.807, 2.05) is 6.07 Å². The number of hydrogen-bond donors (Lipinski definition) is 3. The lowest BCUT2D eigenvalue weighted by atomic mass is 9.93. The van der Waals surface area contributed by atoms with Crippen LogP contribution in [0, 0.1) is 3.57 Å². The number of aromatic hydroxyl groups is 1. The van der Waals surface area contributed by atoms with Crippen LogP contribution in [0.1, 0.15) is 17.5 Å². The Balaban J connectivity index is 2.13. The number of fused-ring (bicyclic) bond motifs is 2. The molecule has 1 fully saturated rings. The predicted octanol–water partition coefficient (Wildman–Crippen LogP) is 1.45. The number of carbonyl (C=O) groups is 1. The van der Waals surface area contributed by atoms with E-state index in [4.69, 9.17) is 0 Å². The number of phenolic OH excluding ortho intramolecular Hbond substituents is 1. The number of urea groups is 1. The van der Waals surface area contributed by atoms with Crippen LogP contribution >= 0.6 is 22.6 Å². The van der Waals surface area contributed by atoms with Gasteiger partial charge in [0.05, 0.1) is 9.11 Å². The number of amides is 2. The molecule has 16 heavy (non-hydrogen) atoms. The highest BCUT2D eigenvalue weighted by atomic mass is 127. The third kappa shape index (κ3) is 1.24. The quantitative estimate of drug-likeness (QED) is 0.631. The maximum Gasteiger partial charge on any atom is 0.315 e. The number of carbonyl (C=O) groups excluding carboxylic acids is 1. The highest BCUT2D eigenvalue weighted by Crippen LogP contribution is 2.42. The van der Waals surface area contributed by atoms with Crippen LogP contribution in [0.15, 0.2) is 12.1 Å². The molecule has 1 aromatic rings. The van der Waals surface area contributed by atoms with Gasteiger partial charge >= 0.3 is 6.03 Å². The molecule has 0 saturated carbocycles. The van der Waals surface area contributed by atoms with Gasteiger partial charge < -0.3 is 15.7 Å². The molecule has 84 valence electrons. The molecule has 1 aromatic carbocycles. The average molecular weight is 330 g/mol. The van der Waals surface area contributed by atoms with Gasteiger partial charge in [0, 0.05) is 6.54 Å². The van der Waals surface area contributed by atoms with Crippen molar-refractivity contribution in [3.63, 3.8) is 0 Å². The molecule has 1 aliphatic heterocycles. The first-order valence-electron chi connectivity index (χ1n) is 5.19. The maximum atomic E-state index is 11.3. The lowest BCUT2D eigenvalue weighted by Crippen LogP contribution is -2.38. The molecule has 1 spiro atoms. The fourth-order valence-electron chi connectivity index (χ4n) is 2.63. The second kappa shape index (κ2) is 3.26. The summed E-state index contributed by atoms with van der Waals surface area (Å²) in [7, 11) is 0. The fourth-order valence-corrected chi connectivity index (χ4v) is 3.37. The molecule has 4 nitrogen and oxygen atoms in total. The first-order chi connectivity index (χ1) is 7.62. The van der Waals surface area contributed by atoms with Crippen LogP contribution in [0.4, 0.5) is 4.79 Å². The predicted molar refractivity (Wildman–Crippen MR) is 67.4 cm³/mol. The minimum absolute atomic E-state index is 0.101. The number of phenols is 1. The van der Waals surface area contributed by atoms with Crippen molar-refractivity contribution in [2.75, 3.05) is 6.54 Å². The van der Waals surface area contributed by atoms with Gasteiger partial charge in [-0.3, -0.25) is 0 Å². The van der Waals surface area contributed by atoms with E-state index in [2.05, 4.69) is 33.2 Å². The second-order valence-electron chi connectivity index (χ2n) is 4.31. The molecule has 0 bridgehead atoms. The number of halogens is 1.